The molecule has 3 nitrogen and oxygen atoms in total. The maximum atomic E-state index is 13.6. The Morgan fingerprint density at radius 3 is 2.57 bits per heavy atom. The number of nitrogens with two attached hydrogens (primary N) is 1. The molecule has 0 saturated carbocycles. The molecule has 0 bridgehead atoms. The van der Waals surface area contributed by atoms with Crippen LogP contribution in [0.5, 0.6) is 0 Å². The molecule has 0 saturated heterocycles. The van der Waals surface area contributed by atoms with Crippen LogP contribution in [-0.4, -0.2) is 5.91 Å². The van der Waals surface area contributed by atoms with Crippen LogP contribution in [0.25, 0.3) is 0 Å². The Kier molecular flexibility index (Phi) is 4.43. The monoisotopic (exact) mass is 310 g/mol. The van der Waals surface area contributed by atoms with Gasteiger partial charge in [-0.15, -0.1) is 0 Å². The van der Waals surface area contributed by atoms with Crippen LogP contribution in [0.4, 0.5) is 14.5 Å². The van der Waals surface area contributed by atoms with Gasteiger partial charge in [0.1, 0.15) is 5.82 Å². The Balaban J connectivity index is 2.19. The summed E-state index contributed by atoms with van der Waals surface area (Å²) in [6.07, 6.45) is 0. The highest BCUT2D eigenvalue weighted by atomic mass is 35.5. The number of aryl methyl sites for hydroxylation is 1. The molecule has 0 heterocycles. The fraction of sp³-hybridized carbons (Fsp3) is 0.133. The fourth-order valence-corrected chi connectivity index (χ4v) is 2.20. The predicted octanol–water partition coefficient (Wildman–Crippen LogP) is 3.64. The van der Waals surface area contributed by atoms with Crippen molar-refractivity contribution < 1.29 is 13.6 Å². The molecular formula is C15H13ClF2N2O. The Bertz CT molecular complexity index is 681. The zero-order valence-corrected chi connectivity index (χ0v) is 12.0. The molecule has 0 spiro atoms. The lowest BCUT2D eigenvalue weighted by Gasteiger charge is -2.12. The molecule has 110 valence electrons. The molecule has 3 N–H and O–H groups in total. The molecular weight excluding hydrogens is 298 g/mol. The van der Waals surface area contributed by atoms with E-state index in [2.05, 4.69) is 5.32 Å². The van der Waals surface area contributed by atoms with Gasteiger partial charge in [0.2, 0.25) is 5.91 Å². The molecule has 0 unspecified atom stereocenters. The van der Waals surface area contributed by atoms with Gasteiger partial charge in [0.15, 0.2) is 5.82 Å². The van der Waals surface area contributed by atoms with Crippen molar-refractivity contribution >= 4 is 23.2 Å². The van der Waals surface area contributed by atoms with Crippen LogP contribution in [-0.2, 0) is 6.54 Å². The summed E-state index contributed by atoms with van der Waals surface area (Å²) in [5, 5.41) is 2.80. The van der Waals surface area contributed by atoms with Gasteiger partial charge >= 0.3 is 0 Å². The SMILES string of the molecule is Cc1cc(C(N)=O)ccc1CNc1c(F)cc(F)cc1Cl. The van der Waals surface area contributed by atoms with E-state index in [9.17, 15) is 13.6 Å². The van der Waals surface area contributed by atoms with Gasteiger partial charge in [-0.05, 0) is 36.2 Å². The first-order chi connectivity index (χ1) is 9.88. The lowest BCUT2D eigenvalue weighted by Crippen LogP contribution is -2.12. The number of nitrogens with one attached hydrogen (secondary N) is 1. The van der Waals surface area contributed by atoms with E-state index in [1.165, 1.54) is 0 Å². The van der Waals surface area contributed by atoms with E-state index in [1.807, 2.05) is 6.92 Å². The van der Waals surface area contributed by atoms with Gasteiger partial charge in [0.05, 0.1) is 10.7 Å². The third kappa shape index (κ3) is 3.49. The topological polar surface area (TPSA) is 55.1 Å². The molecule has 2 aromatic rings. The number of primary amides is 1. The highest BCUT2D eigenvalue weighted by Crippen LogP contribution is 2.27. The number of hydrogen-bond donors (Lipinski definition) is 2. The summed E-state index contributed by atoms with van der Waals surface area (Å²) in [5.74, 6) is -2.00. The number of carbonyl (C=O) groups is 1. The van der Waals surface area contributed by atoms with Crippen molar-refractivity contribution in [3.8, 4) is 0 Å². The maximum absolute atomic E-state index is 13.6. The highest BCUT2D eigenvalue weighted by molar-refractivity contribution is 6.33. The van der Waals surface area contributed by atoms with Crippen LogP contribution in [0.2, 0.25) is 5.02 Å². The zero-order chi connectivity index (χ0) is 15.6. The van der Waals surface area contributed by atoms with Crippen molar-refractivity contribution in [1.29, 1.82) is 0 Å². The minimum atomic E-state index is -0.758. The Morgan fingerprint density at radius 1 is 1.29 bits per heavy atom. The average Bonchev–Trinajstić information content (AvgIpc) is 2.38. The van der Waals surface area contributed by atoms with Gasteiger partial charge in [-0.25, -0.2) is 8.78 Å². The molecule has 0 radical (unpaired) electrons. The largest absolute Gasteiger partial charge is 0.377 e. The maximum Gasteiger partial charge on any atom is 0.248 e. The number of halogens is 3. The number of hydrogen-bond acceptors (Lipinski definition) is 2. The number of amides is 1. The minimum absolute atomic E-state index is 0.0288. The molecule has 0 aliphatic heterocycles. The third-order valence-electron chi connectivity index (χ3n) is 3.09. The number of anilines is 1. The van der Waals surface area contributed by atoms with Crippen LogP contribution in [0.1, 0.15) is 21.5 Å². The van der Waals surface area contributed by atoms with E-state index >= 15 is 0 Å². The molecule has 0 atom stereocenters. The van der Waals surface area contributed by atoms with Gasteiger partial charge in [0, 0.05) is 18.2 Å². The minimum Gasteiger partial charge on any atom is -0.377 e. The summed E-state index contributed by atoms with van der Waals surface area (Å²) in [6.45, 7) is 2.10. The third-order valence-corrected chi connectivity index (χ3v) is 3.39. The van der Waals surface area contributed by atoms with E-state index in [0.717, 1.165) is 23.3 Å². The molecule has 2 aromatic carbocycles. The Labute approximate surface area is 125 Å². The summed E-state index contributed by atoms with van der Waals surface area (Å²) in [6, 6.07) is 6.77. The van der Waals surface area contributed by atoms with Crippen LogP contribution in [0.3, 0.4) is 0 Å². The van der Waals surface area contributed by atoms with E-state index in [-0.39, 0.29) is 17.3 Å². The van der Waals surface area contributed by atoms with Gasteiger partial charge in [0.25, 0.3) is 0 Å². The van der Waals surface area contributed by atoms with E-state index in [1.54, 1.807) is 18.2 Å². The summed E-state index contributed by atoms with van der Waals surface area (Å²) >= 11 is 5.80. The lowest BCUT2D eigenvalue weighted by atomic mass is 10.0. The van der Waals surface area contributed by atoms with Crippen molar-refractivity contribution in [2.45, 2.75) is 13.5 Å². The molecule has 0 fully saturated rings. The van der Waals surface area contributed by atoms with Gasteiger partial charge in [-0.3, -0.25) is 4.79 Å². The molecule has 6 heteroatoms. The van der Waals surface area contributed by atoms with Crippen LogP contribution < -0.4 is 11.1 Å². The molecule has 2 rings (SSSR count). The molecule has 0 aliphatic rings. The predicted molar refractivity (Wildman–Crippen MR) is 78.4 cm³/mol. The van der Waals surface area contributed by atoms with Crippen molar-refractivity contribution in [3.63, 3.8) is 0 Å². The van der Waals surface area contributed by atoms with E-state index < -0.39 is 17.5 Å². The van der Waals surface area contributed by atoms with E-state index in [0.29, 0.717) is 5.56 Å². The molecule has 0 aliphatic carbocycles. The Hall–Kier alpha value is -2.14. The smallest absolute Gasteiger partial charge is 0.248 e. The molecule has 1 amide bonds. The summed E-state index contributed by atoms with van der Waals surface area (Å²) < 4.78 is 26.6. The number of benzene rings is 2. The number of carbonyl (C=O) groups excluding carboxylic acids is 1. The standard InChI is InChI=1S/C15H13ClF2N2O/c1-8-4-9(15(19)21)2-3-10(8)7-20-14-12(16)5-11(17)6-13(14)18/h2-6,20H,7H2,1H3,(H2,19,21). The van der Waals surface area contributed by atoms with Crippen molar-refractivity contribution in [2.75, 3.05) is 5.32 Å². The molecule has 0 aromatic heterocycles. The zero-order valence-electron chi connectivity index (χ0n) is 11.2. The first kappa shape index (κ1) is 15.3. The lowest BCUT2D eigenvalue weighted by molar-refractivity contribution is 0.1000. The highest BCUT2D eigenvalue weighted by Gasteiger charge is 2.10. The molecule has 21 heavy (non-hydrogen) atoms. The van der Waals surface area contributed by atoms with Gasteiger partial charge < -0.3 is 11.1 Å². The van der Waals surface area contributed by atoms with Crippen LogP contribution in [0.15, 0.2) is 30.3 Å². The first-order valence-corrected chi connectivity index (χ1v) is 6.54. The summed E-state index contributed by atoms with van der Waals surface area (Å²) in [7, 11) is 0. The summed E-state index contributed by atoms with van der Waals surface area (Å²) in [5.41, 5.74) is 7.32. The Morgan fingerprint density at radius 2 is 2.00 bits per heavy atom. The van der Waals surface area contributed by atoms with Crippen molar-refractivity contribution in [3.05, 3.63) is 63.7 Å². The van der Waals surface area contributed by atoms with Gasteiger partial charge in [-0.2, -0.15) is 0 Å². The van der Waals surface area contributed by atoms with Crippen LogP contribution in [0, 0.1) is 18.6 Å². The van der Waals surface area contributed by atoms with E-state index in [4.69, 9.17) is 17.3 Å². The van der Waals surface area contributed by atoms with Crippen LogP contribution >= 0.6 is 11.6 Å². The second kappa shape index (κ2) is 6.10. The first-order valence-electron chi connectivity index (χ1n) is 6.16. The normalized spacial score (nSPS) is 10.5. The second-order valence-corrected chi connectivity index (χ2v) is 5.01. The second-order valence-electron chi connectivity index (χ2n) is 4.60. The quantitative estimate of drug-likeness (QED) is 0.906. The average molecular weight is 311 g/mol. The van der Waals surface area contributed by atoms with Gasteiger partial charge in [-0.1, -0.05) is 17.7 Å². The van der Waals surface area contributed by atoms with Crippen molar-refractivity contribution in [1.82, 2.24) is 0 Å². The van der Waals surface area contributed by atoms with Crippen molar-refractivity contribution in [2.24, 2.45) is 5.73 Å². The number of rotatable bonds is 4. The fourth-order valence-electron chi connectivity index (χ4n) is 1.94. The summed E-state index contributed by atoms with van der Waals surface area (Å²) in [4.78, 5) is 11.1.